The third-order valence-electron chi connectivity index (χ3n) is 11.8. The van der Waals surface area contributed by atoms with Crippen LogP contribution in [0.5, 0.6) is 0 Å². The van der Waals surface area contributed by atoms with Gasteiger partial charge in [-0.25, -0.2) is 0 Å². The van der Waals surface area contributed by atoms with Crippen molar-refractivity contribution in [2.45, 2.75) is 13.8 Å². The van der Waals surface area contributed by atoms with E-state index in [2.05, 4.69) is 217 Å². The molecule has 0 unspecified atom stereocenters. The molecule has 2 nitrogen and oxygen atoms in total. The highest BCUT2D eigenvalue weighted by Crippen LogP contribution is 2.44. The van der Waals surface area contributed by atoms with Gasteiger partial charge in [-0.05, 0) is 124 Å². The highest BCUT2D eigenvalue weighted by molar-refractivity contribution is 7.19. The number of benzene rings is 9. The summed E-state index contributed by atoms with van der Waals surface area (Å²) in [5.74, 6) is 0. The van der Waals surface area contributed by atoms with Crippen LogP contribution in [0, 0.1) is 13.8 Å². The molecule has 0 bridgehead atoms. The third-order valence-corrected chi connectivity index (χ3v) is 13.0. The molecule has 270 valence electrons. The van der Waals surface area contributed by atoms with E-state index in [0.717, 1.165) is 17.1 Å². The maximum atomic E-state index is 2.43. The molecule has 0 aliphatic rings. The Balaban J connectivity index is 1.05. The first-order valence-corrected chi connectivity index (χ1v) is 20.4. The monoisotopic (exact) mass is 746 g/mol. The van der Waals surface area contributed by atoms with Crippen LogP contribution in [0.4, 0.5) is 17.1 Å². The van der Waals surface area contributed by atoms with Crippen LogP contribution in [0.25, 0.3) is 81.4 Å². The van der Waals surface area contributed by atoms with Crippen LogP contribution in [0.3, 0.4) is 0 Å². The Kier molecular flexibility index (Phi) is 7.84. The van der Waals surface area contributed by atoms with Gasteiger partial charge in [0.1, 0.15) is 0 Å². The number of fused-ring (bicyclic) bond motifs is 7. The van der Waals surface area contributed by atoms with E-state index in [1.54, 1.807) is 0 Å². The molecule has 0 saturated carbocycles. The van der Waals surface area contributed by atoms with Gasteiger partial charge >= 0.3 is 0 Å². The van der Waals surface area contributed by atoms with Crippen LogP contribution in [0.15, 0.2) is 194 Å². The Bertz CT molecular complexity index is 3300. The molecule has 0 radical (unpaired) electrons. The quantitative estimate of drug-likeness (QED) is 0.154. The predicted molar refractivity (Wildman–Crippen MR) is 246 cm³/mol. The topological polar surface area (TPSA) is 8.17 Å². The van der Waals surface area contributed by atoms with Gasteiger partial charge in [0.25, 0.3) is 0 Å². The van der Waals surface area contributed by atoms with Crippen LogP contribution >= 0.6 is 11.3 Å². The Hall–Kier alpha value is -6.94. The minimum absolute atomic E-state index is 1.11. The summed E-state index contributed by atoms with van der Waals surface area (Å²) in [6.45, 7) is 4.47. The zero-order chi connectivity index (χ0) is 38.0. The average molecular weight is 747 g/mol. The molecule has 9 aromatic carbocycles. The molecular formula is C54H38N2S. The minimum atomic E-state index is 1.11. The smallest absolute Gasteiger partial charge is 0.0546 e. The van der Waals surface area contributed by atoms with E-state index < -0.39 is 0 Å². The van der Waals surface area contributed by atoms with Crippen molar-refractivity contribution in [2.24, 2.45) is 0 Å². The second-order valence-corrected chi connectivity index (χ2v) is 16.2. The molecule has 0 amide bonds. The molecule has 0 fully saturated rings. The Morgan fingerprint density at radius 2 is 1.02 bits per heavy atom. The lowest BCUT2D eigenvalue weighted by Crippen LogP contribution is -2.10. The van der Waals surface area contributed by atoms with Gasteiger partial charge in [0.2, 0.25) is 0 Å². The first-order valence-electron chi connectivity index (χ1n) is 19.6. The molecule has 0 aliphatic heterocycles. The Morgan fingerprint density at radius 1 is 0.421 bits per heavy atom. The number of anilines is 3. The molecule has 0 atom stereocenters. The van der Waals surface area contributed by atoms with E-state index in [-0.39, 0.29) is 0 Å². The molecule has 0 aliphatic carbocycles. The highest BCUT2D eigenvalue weighted by Gasteiger charge is 2.19. The van der Waals surface area contributed by atoms with E-state index in [1.165, 1.54) is 91.8 Å². The van der Waals surface area contributed by atoms with Gasteiger partial charge in [0, 0.05) is 42.8 Å². The molecule has 2 aromatic heterocycles. The van der Waals surface area contributed by atoms with Gasteiger partial charge in [-0.1, -0.05) is 133 Å². The van der Waals surface area contributed by atoms with Crippen LogP contribution in [-0.2, 0) is 0 Å². The SMILES string of the molecule is Cc1sc2c(-c3ccc(N(c4ccc(-c5ccc6c(c5)c5ccccc5n6-c5ccccc5)cc4)c4cc5ccccc5c5ccccc45)cc3)cccc2c1C. The average Bonchev–Trinajstić information content (AvgIpc) is 3.76. The fourth-order valence-corrected chi connectivity index (χ4v) is 10.0. The zero-order valence-electron chi connectivity index (χ0n) is 31.8. The standard InChI is InChI=1S/C54H38N2S/c1-35-36(2)57-54-44(35)20-12-21-46(54)38-25-30-43(31-26-38)55(53-34-40-13-6-7-16-45(40)47-17-8-9-18-48(47)53)42-28-23-37(24-29-42)39-27-32-52-50(33-39)49-19-10-11-22-51(49)56(52)41-14-4-3-5-15-41/h3-34H,1-2H3. The van der Waals surface area contributed by atoms with Gasteiger partial charge in [-0.3, -0.25) is 0 Å². The van der Waals surface area contributed by atoms with Crippen LogP contribution in [-0.4, -0.2) is 4.57 Å². The second-order valence-electron chi connectivity index (χ2n) is 15.0. The fourth-order valence-electron chi connectivity index (χ4n) is 8.84. The van der Waals surface area contributed by atoms with E-state index in [9.17, 15) is 0 Å². The van der Waals surface area contributed by atoms with Gasteiger partial charge in [-0.2, -0.15) is 0 Å². The zero-order valence-corrected chi connectivity index (χ0v) is 32.6. The number of aryl methyl sites for hydroxylation is 2. The summed E-state index contributed by atoms with van der Waals surface area (Å²) in [5.41, 5.74) is 13.3. The van der Waals surface area contributed by atoms with Crippen molar-refractivity contribution in [1.82, 2.24) is 4.57 Å². The van der Waals surface area contributed by atoms with Crippen molar-refractivity contribution in [3.63, 3.8) is 0 Å². The number of thiophene rings is 1. The lowest BCUT2D eigenvalue weighted by atomic mass is 9.98. The first kappa shape index (κ1) is 33.4. The van der Waals surface area contributed by atoms with Crippen molar-refractivity contribution in [3.8, 4) is 27.9 Å². The molecule has 0 spiro atoms. The summed E-state index contributed by atoms with van der Waals surface area (Å²) >= 11 is 1.90. The maximum Gasteiger partial charge on any atom is 0.0546 e. The maximum absolute atomic E-state index is 2.43. The molecular weight excluding hydrogens is 709 g/mol. The summed E-state index contributed by atoms with van der Waals surface area (Å²) in [5, 5.41) is 8.83. The molecule has 57 heavy (non-hydrogen) atoms. The van der Waals surface area contributed by atoms with Crippen molar-refractivity contribution in [2.75, 3.05) is 4.90 Å². The number of nitrogens with zero attached hydrogens (tertiary/aromatic N) is 2. The summed E-state index contributed by atoms with van der Waals surface area (Å²) in [6, 6.07) is 71.2. The largest absolute Gasteiger partial charge is 0.310 e. The van der Waals surface area contributed by atoms with Gasteiger partial charge in [-0.15, -0.1) is 11.3 Å². The minimum Gasteiger partial charge on any atom is -0.310 e. The third kappa shape index (κ3) is 5.46. The number of para-hydroxylation sites is 2. The van der Waals surface area contributed by atoms with Crippen LogP contribution in [0.1, 0.15) is 10.4 Å². The second kappa shape index (κ2) is 13.4. The van der Waals surface area contributed by atoms with Crippen LogP contribution < -0.4 is 4.90 Å². The van der Waals surface area contributed by atoms with Crippen molar-refractivity contribution < 1.29 is 0 Å². The predicted octanol–water partition coefficient (Wildman–Crippen LogP) is 15.7. The number of hydrogen-bond donors (Lipinski definition) is 0. The summed E-state index contributed by atoms with van der Waals surface area (Å²) < 4.78 is 3.73. The molecule has 11 aromatic rings. The first-order chi connectivity index (χ1) is 28.1. The summed E-state index contributed by atoms with van der Waals surface area (Å²) in [7, 11) is 0. The summed E-state index contributed by atoms with van der Waals surface area (Å²) in [6.07, 6.45) is 0. The number of rotatable bonds is 6. The fraction of sp³-hybridized carbons (Fsp3) is 0.0370. The highest BCUT2D eigenvalue weighted by atomic mass is 32.1. The lowest BCUT2D eigenvalue weighted by Gasteiger charge is -2.28. The van der Waals surface area contributed by atoms with E-state index in [0.29, 0.717) is 0 Å². The normalized spacial score (nSPS) is 11.7. The van der Waals surface area contributed by atoms with Crippen molar-refractivity contribution in [1.29, 1.82) is 0 Å². The van der Waals surface area contributed by atoms with Crippen molar-refractivity contribution in [3.05, 3.63) is 205 Å². The van der Waals surface area contributed by atoms with Crippen LogP contribution in [0.2, 0.25) is 0 Å². The van der Waals surface area contributed by atoms with E-state index >= 15 is 0 Å². The molecule has 2 heterocycles. The van der Waals surface area contributed by atoms with Crippen molar-refractivity contribution >= 4 is 81.8 Å². The molecule has 11 rings (SSSR count). The number of hydrogen-bond acceptors (Lipinski definition) is 2. The molecule has 0 N–H and O–H groups in total. The van der Waals surface area contributed by atoms with Gasteiger partial charge in [0.15, 0.2) is 0 Å². The molecule has 0 saturated heterocycles. The van der Waals surface area contributed by atoms with E-state index in [1.807, 2.05) is 11.3 Å². The number of aromatic nitrogens is 1. The summed E-state index contributed by atoms with van der Waals surface area (Å²) in [4.78, 5) is 3.81. The van der Waals surface area contributed by atoms with Gasteiger partial charge in [0.05, 0.1) is 16.7 Å². The van der Waals surface area contributed by atoms with Gasteiger partial charge < -0.3 is 9.47 Å². The Morgan fingerprint density at radius 3 is 1.79 bits per heavy atom. The Labute approximate surface area is 336 Å². The lowest BCUT2D eigenvalue weighted by molar-refractivity contribution is 1.18. The molecule has 3 heteroatoms. The van der Waals surface area contributed by atoms with E-state index in [4.69, 9.17) is 0 Å².